The minimum Gasteiger partial charge on any atom is -0.326 e. The largest absolute Gasteiger partial charge is 0.326 e. The molecule has 2 N–H and O–H groups in total. The smallest absolute Gasteiger partial charge is 0.285 e. The summed E-state index contributed by atoms with van der Waals surface area (Å²) in [6, 6.07) is 10.1. The highest BCUT2D eigenvalue weighted by Gasteiger charge is 2.33. The second-order valence-electron chi connectivity index (χ2n) is 5.50. The van der Waals surface area contributed by atoms with E-state index in [1.165, 1.54) is 19.3 Å². The Morgan fingerprint density at radius 1 is 1.15 bits per heavy atom. The lowest BCUT2D eigenvalue weighted by molar-refractivity contribution is -0.123. The molecule has 2 aromatic rings. The van der Waals surface area contributed by atoms with E-state index >= 15 is 0 Å². The number of hydrogen-bond acceptors (Lipinski definition) is 6. The summed E-state index contributed by atoms with van der Waals surface area (Å²) in [6.45, 7) is 1.43. The molecule has 1 aliphatic heterocycles. The van der Waals surface area contributed by atoms with Gasteiger partial charge in [0.1, 0.15) is 0 Å². The molecule has 0 spiro atoms. The van der Waals surface area contributed by atoms with Crippen LogP contribution in [-0.4, -0.2) is 32.0 Å². The number of hydrogen-bond donors (Lipinski definition) is 2. The first-order chi connectivity index (χ1) is 12.9. The number of thioether (sulfide) groups is 1. The molecule has 0 radical (unpaired) electrons. The first-order valence-corrected chi connectivity index (χ1v) is 9.03. The van der Waals surface area contributed by atoms with Crippen LogP contribution in [0.15, 0.2) is 53.7 Å². The maximum absolute atomic E-state index is 12.6. The van der Waals surface area contributed by atoms with Crippen LogP contribution in [0.1, 0.15) is 22.8 Å². The Balaban J connectivity index is 1.72. The Bertz CT molecular complexity index is 943. The van der Waals surface area contributed by atoms with Crippen molar-refractivity contribution in [1.29, 1.82) is 0 Å². The number of rotatable bonds is 4. The average molecular weight is 398 g/mol. The van der Waals surface area contributed by atoms with Crippen molar-refractivity contribution in [3.63, 3.8) is 0 Å². The normalized spacial score (nSPS) is 15.1. The van der Waals surface area contributed by atoms with Gasteiger partial charge in [-0.05, 0) is 48.1 Å². The molecule has 3 rings (SSSR count). The van der Waals surface area contributed by atoms with Crippen LogP contribution in [0.4, 0.5) is 5.69 Å². The predicted molar refractivity (Wildman–Crippen MR) is 107 cm³/mol. The third-order valence-electron chi connectivity index (χ3n) is 3.48. The number of carbonyl (C=O) groups excluding carboxylic acids is 3. The van der Waals surface area contributed by atoms with E-state index in [2.05, 4.69) is 15.7 Å². The molecule has 1 aromatic heterocycles. The van der Waals surface area contributed by atoms with E-state index in [1.807, 2.05) is 0 Å². The van der Waals surface area contributed by atoms with E-state index in [4.69, 9.17) is 12.2 Å². The molecule has 1 aliphatic rings. The fraction of sp³-hybridized carbons (Fsp3) is 0.0556. The SMILES string of the molecule is CC(=O)Nc1ccc(/C=C2\SC(=S)N(NC(=O)c3ccncc3)C2=O)cc1. The van der Waals surface area contributed by atoms with Gasteiger partial charge in [-0.3, -0.25) is 24.8 Å². The highest BCUT2D eigenvalue weighted by Crippen LogP contribution is 2.31. The maximum Gasteiger partial charge on any atom is 0.285 e. The van der Waals surface area contributed by atoms with Crippen molar-refractivity contribution >= 4 is 57.8 Å². The summed E-state index contributed by atoms with van der Waals surface area (Å²) in [6.07, 6.45) is 4.66. The number of nitrogens with zero attached hydrogens (tertiary/aromatic N) is 2. The molecule has 0 saturated carbocycles. The molecule has 0 unspecified atom stereocenters. The van der Waals surface area contributed by atoms with Gasteiger partial charge in [0.2, 0.25) is 5.91 Å². The van der Waals surface area contributed by atoms with Crippen LogP contribution in [-0.2, 0) is 9.59 Å². The van der Waals surface area contributed by atoms with Crippen LogP contribution in [0, 0.1) is 0 Å². The van der Waals surface area contributed by atoms with E-state index in [1.54, 1.807) is 42.5 Å². The molecule has 27 heavy (non-hydrogen) atoms. The van der Waals surface area contributed by atoms with Crippen molar-refractivity contribution in [3.05, 3.63) is 64.8 Å². The van der Waals surface area contributed by atoms with Crippen molar-refractivity contribution in [2.45, 2.75) is 6.92 Å². The minimum atomic E-state index is -0.449. The molecular formula is C18H14N4O3S2. The molecule has 0 atom stereocenters. The van der Waals surface area contributed by atoms with E-state index in [9.17, 15) is 14.4 Å². The summed E-state index contributed by atoms with van der Waals surface area (Å²) in [5.74, 6) is -1.01. The van der Waals surface area contributed by atoms with Crippen LogP contribution < -0.4 is 10.7 Å². The zero-order valence-electron chi connectivity index (χ0n) is 14.1. The van der Waals surface area contributed by atoms with Gasteiger partial charge in [0, 0.05) is 30.6 Å². The number of carbonyl (C=O) groups is 3. The summed E-state index contributed by atoms with van der Waals surface area (Å²) in [5.41, 5.74) is 4.31. The van der Waals surface area contributed by atoms with Crippen LogP contribution in [0.5, 0.6) is 0 Å². The fourth-order valence-corrected chi connectivity index (χ4v) is 3.43. The van der Waals surface area contributed by atoms with Crippen molar-refractivity contribution in [3.8, 4) is 0 Å². The summed E-state index contributed by atoms with van der Waals surface area (Å²) in [4.78, 5) is 40.1. The molecular weight excluding hydrogens is 384 g/mol. The zero-order valence-corrected chi connectivity index (χ0v) is 15.8. The Morgan fingerprint density at radius 2 is 1.81 bits per heavy atom. The maximum atomic E-state index is 12.6. The molecule has 136 valence electrons. The van der Waals surface area contributed by atoms with Crippen molar-refractivity contribution < 1.29 is 14.4 Å². The highest BCUT2D eigenvalue weighted by atomic mass is 32.2. The monoisotopic (exact) mass is 398 g/mol. The summed E-state index contributed by atoms with van der Waals surface area (Å²) in [7, 11) is 0. The molecule has 1 aromatic carbocycles. The first-order valence-electron chi connectivity index (χ1n) is 7.80. The highest BCUT2D eigenvalue weighted by molar-refractivity contribution is 8.26. The molecule has 9 heteroatoms. The Kier molecular flexibility index (Phi) is 5.63. The van der Waals surface area contributed by atoms with Gasteiger partial charge >= 0.3 is 0 Å². The predicted octanol–water partition coefficient (Wildman–Crippen LogP) is 2.59. The molecule has 2 heterocycles. The van der Waals surface area contributed by atoms with Crippen LogP contribution in [0.25, 0.3) is 6.08 Å². The van der Waals surface area contributed by atoms with E-state index in [0.29, 0.717) is 16.2 Å². The molecule has 3 amide bonds. The summed E-state index contributed by atoms with van der Waals surface area (Å²) >= 11 is 6.30. The van der Waals surface area contributed by atoms with Crippen molar-refractivity contribution in [1.82, 2.24) is 15.4 Å². The average Bonchev–Trinajstić information content (AvgIpc) is 2.91. The van der Waals surface area contributed by atoms with Gasteiger partial charge in [0.25, 0.3) is 11.8 Å². The van der Waals surface area contributed by atoms with Crippen molar-refractivity contribution in [2.75, 3.05) is 5.32 Å². The van der Waals surface area contributed by atoms with Gasteiger partial charge in [-0.1, -0.05) is 23.9 Å². The standard InChI is InChI=1S/C18H14N4O3S2/c1-11(23)20-14-4-2-12(3-5-14)10-15-17(25)22(18(26)27-15)21-16(24)13-6-8-19-9-7-13/h2-10H,1H3,(H,20,23)(H,21,24)/b15-10-. The minimum absolute atomic E-state index is 0.159. The third kappa shape index (κ3) is 4.57. The molecule has 1 saturated heterocycles. The van der Waals surface area contributed by atoms with Gasteiger partial charge in [0.15, 0.2) is 4.32 Å². The zero-order chi connectivity index (χ0) is 19.4. The molecule has 7 nitrogen and oxygen atoms in total. The molecule has 0 bridgehead atoms. The quantitative estimate of drug-likeness (QED) is 0.608. The third-order valence-corrected chi connectivity index (χ3v) is 4.78. The second kappa shape index (κ2) is 8.11. The van der Waals surface area contributed by atoms with Crippen LogP contribution in [0.3, 0.4) is 0 Å². The molecule has 0 aliphatic carbocycles. The first kappa shape index (κ1) is 18.7. The Hall–Kier alpha value is -3.04. The van der Waals surface area contributed by atoms with Gasteiger partial charge in [-0.2, -0.15) is 5.01 Å². The van der Waals surface area contributed by atoms with E-state index in [0.717, 1.165) is 22.3 Å². The number of amides is 3. The van der Waals surface area contributed by atoms with Gasteiger partial charge < -0.3 is 5.32 Å². The lowest BCUT2D eigenvalue weighted by atomic mass is 10.2. The number of anilines is 1. The lowest BCUT2D eigenvalue weighted by Crippen LogP contribution is -2.44. The van der Waals surface area contributed by atoms with E-state index in [-0.39, 0.29) is 10.2 Å². The van der Waals surface area contributed by atoms with Crippen molar-refractivity contribution in [2.24, 2.45) is 0 Å². The van der Waals surface area contributed by atoms with Crippen LogP contribution >= 0.6 is 24.0 Å². The van der Waals surface area contributed by atoms with Gasteiger partial charge in [-0.25, -0.2) is 0 Å². The number of hydrazine groups is 1. The Morgan fingerprint density at radius 3 is 2.44 bits per heavy atom. The molecule has 1 fully saturated rings. The van der Waals surface area contributed by atoms with Gasteiger partial charge in [-0.15, -0.1) is 0 Å². The number of thiocarbonyl (C=S) groups is 1. The second-order valence-corrected chi connectivity index (χ2v) is 7.17. The van der Waals surface area contributed by atoms with Crippen LogP contribution in [0.2, 0.25) is 0 Å². The number of benzene rings is 1. The summed E-state index contributed by atoms with van der Waals surface area (Å²) in [5, 5.41) is 3.73. The van der Waals surface area contributed by atoms with E-state index < -0.39 is 11.8 Å². The Labute approximate surface area is 164 Å². The summed E-state index contributed by atoms with van der Waals surface area (Å²) < 4.78 is 0.239. The number of nitrogens with one attached hydrogen (secondary N) is 2. The lowest BCUT2D eigenvalue weighted by Gasteiger charge is -2.15. The fourth-order valence-electron chi connectivity index (χ4n) is 2.25. The van der Waals surface area contributed by atoms with Gasteiger partial charge in [0.05, 0.1) is 4.91 Å². The number of pyridine rings is 1. The number of aromatic nitrogens is 1. The topological polar surface area (TPSA) is 91.4 Å².